The van der Waals surface area contributed by atoms with Gasteiger partial charge in [-0.3, -0.25) is 0 Å². The highest BCUT2D eigenvalue weighted by atomic mass is 79.9. The molecule has 2 heteroatoms. The molecule has 0 amide bonds. The van der Waals surface area contributed by atoms with Crippen molar-refractivity contribution in [1.82, 2.24) is 0 Å². The van der Waals surface area contributed by atoms with E-state index >= 15 is 0 Å². The zero-order valence-corrected chi connectivity index (χ0v) is 10.8. The number of hydrogen-bond donors (Lipinski definition) is 0. The van der Waals surface area contributed by atoms with Crippen LogP contribution in [-0.4, -0.2) is 13.6 Å². The van der Waals surface area contributed by atoms with E-state index in [1.54, 1.807) is 0 Å². The van der Waals surface area contributed by atoms with Crippen molar-refractivity contribution in [3.63, 3.8) is 0 Å². The van der Waals surface area contributed by atoms with Crippen molar-refractivity contribution in [2.45, 2.75) is 25.6 Å². The molecule has 0 saturated heterocycles. The van der Waals surface area contributed by atoms with E-state index in [-0.39, 0.29) is 0 Å². The van der Waals surface area contributed by atoms with Gasteiger partial charge < -0.3 is 4.90 Å². The number of anilines is 1. The molecule has 0 atom stereocenters. The van der Waals surface area contributed by atoms with Gasteiger partial charge in [-0.2, -0.15) is 0 Å². The first-order valence-corrected chi connectivity index (χ1v) is 6.17. The minimum atomic E-state index is 0.936. The average molecular weight is 256 g/mol. The molecule has 78 valence electrons. The molecule has 1 aromatic rings. The van der Waals surface area contributed by atoms with Gasteiger partial charge in [0.1, 0.15) is 0 Å². The molecule has 0 spiro atoms. The van der Waals surface area contributed by atoms with Crippen LogP contribution in [0.4, 0.5) is 5.69 Å². The standard InChI is InChI=1S/C12H18BrN/c1-4-7-14(3)12-6-5-11(9-13)8-10(12)2/h5-6,8H,4,7,9H2,1-3H3. The number of nitrogens with zero attached hydrogens (tertiary/aromatic N) is 1. The molecule has 0 unspecified atom stereocenters. The highest BCUT2D eigenvalue weighted by molar-refractivity contribution is 9.08. The SMILES string of the molecule is CCCN(C)c1ccc(CBr)cc1C. The summed E-state index contributed by atoms with van der Waals surface area (Å²) in [5.74, 6) is 0. The molecule has 14 heavy (non-hydrogen) atoms. The Morgan fingerprint density at radius 3 is 2.57 bits per heavy atom. The molecule has 0 radical (unpaired) electrons. The molecule has 0 aliphatic rings. The normalized spacial score (nSPS) is 10.3. The van der Waals surface area contributed by atoms with Crippen LogP contribution in [0, 0.1) is 6.92 Å². The second-order valence-electron chi connectivity index (χ2n) is 3.68. The fraction of sp³-hybridized carbons (Fsp3) is 0.500. The summed E-state index contributed by atoms with van der Waals surface area (Å²) in [7, 11) is 2.15. The lowest BCUT2D eigenvalue weighted by Crippen LogP contribution is -2.18. The van der Waals surface area contributed by atoms with Crippen LogP contribution >= 0.6 is 15.9 Å². The van der Waals surface area contributed by atoms with Crippen molar-refractivity contribution in [2.24, 2.45) is 0 Å². The summed E-state index contributed by atoms with van der Waals surface area (Å²) in [6, 6.07) is 6.64. The van der Waals surface area contributed by atoms with E-state index in [1.165, 1.54) is 23.2 Å². The summed E-state index contributed by atoms with van der Waals surface area (Å²) in [5, 5.41) is 0.936. The predicted octanol–water partition coefficient (Wildman–Crippen LogP) is 3.74. The second-order valence-corrected chi connectivity index (χ2v) is 4.24. The number of rotatable bonds is 4. The van der Waals surface area contributed by atoms with Crippen LogP contribution in [0.15, 0.2) is 18.2 Å². The molecule has 0 heterocycles. The van der Waals surface area contributed by atoms with Gasteiger partial charge in [0, 0.05) is 24.6 Å². The van der Waals surface area contributed by atoms with E-state index < -0.39 is 0 Å². The van der Waals surface area contributed by atoms with E-state index in [1.807, 2.05) is 0 Å². The molecule has 0 fully saturated rings. The third kappa shape index (κ3) is 2.74. The number of benzene rings is 1. The maximum absolute atomic E-state index is 3.47. The van der Waals surface area contributed by atoms with E-state index in [2.05, 4.69) is 59.9 Å². The second kappa shape index (κ2) is 5.40. The summed E-state index contributed by atoms with van der Waals surface area (Å²) >= 11 is 3.47. The number of hydrogen-bond acceptors (Lipinski definition) is 1. The van der Waals surface area contributed by atoms with Gasteiger partial charge in [-0.1, -0.05) is 35.0 Å². The smallest absolute Gasteiger partial charge is 0.0393 e. The summed E-state index contributed by atoms with van der Waals surface area (Å²) in [6.07, 6.45) is 1.19. The minimum Gasteiger partial charge on any atom is -0.374 e. The van der Waals surface area contributed by atoms with Crippen molar-refractivity contribution in [3.05, 3.63) is 29.3 Å². The first-order valence-electron chi connectivity index (χ1n) is 5.05. The predicted molar refractivity (Wildman–Crippen MR) is 67.4 cm³/mol. The molecular formula is C12H18BrN. The number of halogens is 1. The van der Waals surface area contributed by atoms with Crippen molar-refractivity contribution in [3.8, 4) is 0 Å². The molecule has 1 aromatic carbocycles. The number of aryl methyl sites for hydroxylation is 1. The lowest BCUT2D eigenvalue weighted by molar-refractivity contribution is 0.849. The van der Waals surface area contributed by atoms with E-state index in [9.17, 15) is 0 Å². The molecule has 0 N–H and O–H groups in total. The van der Waals surface area contributed by atoms with Gasteiger partial charge in [-0.25, -0.2) is 0 Å². The Morgan fingerprint density at radius 2 is 2.07 bits per heavy atom. The maximum atomic E-state index is 3.47. The van der Waals surface area contributed by atoms with Crippen LogP contribution in [0.1, 0.15) is 24.5 Å². The minimum absolute atomic E-state index is 0.936. The summed E-state index contributed by atoms with van der Waals surface area (Å²) in [5.41, 5.74) is 4.05. The summed E-state index contributed by atoms with van der Waals surface area (Å²) in [6.45, 7) is 5.50. The molecule has 0 aliphatic carbocycles. The Labute approximate surface area is 95.2 Å². The lowest BCUT2D eigenvalue weighted by atomic mass is 10.1. The van der Waals surface area contributed by atoms with Gasteiger partial charge in [0.2, 0.25) is 0 Å². The van der Waals surface area contributed by atoms with E-state index in [0.29, 0.717) is 0 Å². The Kier molecular flexibility index (Phi) is 4.46. The van der Waals surface area contributed by atoms with Gasteiger partial charge in [0.05, 0.1) is 0 Å². The first kappa shape index (κ1) is 11.6. The van der Waals surface area contributed by atoms with Crippen LogP contribution in [0.5, 0.6) is 0 Å². The summed E-state index contributed by atoms with van der Waals surface area (Å²) < 4.78 is 0. The van der Waals surface area contributed by atoms with Gasteiger partial charge in [-0.05, 0) is 30.5 Å². The highest BCUT2D eigenvalue weighted by Crippen LogP contribution is 2.21. The van der Waals surface area contributed by atoms with Crippen LogP contribution in [0.25, 0.3) is 0 Å². The van der Waals surface area contributed by atoms with Crippen molar-refractivity contribution >= 4 is 21.6 Å². The largest absolute Gasteiger partial charge is 0.374 e. The van der Waals surface area contributed by atoms with Gasteiger partial charge in [-0.15, -0.1) is 0 Å². The molecule has 0 aliphatic heterocycles. The quantitative estimate of drug-likeness (QED) is 0.742. The van der Waals surface area contributed by atoms with E-state index in [4.69, 9.17) is 0 Å². The molecular weight excluding hydrogens is 238 g/mol. The molecule has 1 rings (SSSR count). The van der Waals surface area contributed by atoms with Crippen LogP contribution in [0.3, 0.4) is 0 Å². The van der Waals surface area contributed by atoms with Gasteiger partial charge >= 0.3 is 0 Å². The van der Waals surface area contributed by atoms with Crippen LogP contribution in [-0.2, 0) is 5.33 Å². The third-order valence-electron chi connectivity index (χ3n) is 2.39. The van der Waals surface area contributed by atoms with Crippen LogP contribution < -0.4 is 4.90 Å². The average Bonchev–Trinajstić information content (AvgIpc) is 2.17. The molecule has 0 aromatic heterocycles. The molecule has 0 bridgehead atoms. The van der Waals surface area contributed by atoms with Gasteiger partial charge in [0.15, 0.2) is 0 Å². The topological polar surface area (TPSA) is 3.24 Å². The van der Waals surface area contributed by atoms with Crippen molar-refractivity contribution in [1.29, 1.82) is 0 Å². The lowest BCUT2D eigenvalue weighted by Gasteiger charge is -2.21. The van der Waals surface area contributed by atoms with Crippen molar-refractivity contribution < 1.29 is 0 Å². The highest BCUT2D eigenvalue weighted by Gasteiger charge is 2.03. The Morgan fingerprint density at radius 1 is 1.36 bits per heavy atom. The van der Waals surface area contributed by atoms with Crippen LogP contribution in [0.2, 0.25) is 0 Å². The Balaban J connectivity index is 2.88. The Bertz CT molecular complexity index is 296. The van der Waals surface area contributed by atoms with Crippen molar-refractivity contribution in [2.75, 3.05) is 18.5 Å². The zero-order chi connectivity index (χ0) is 10.6. The number of alkyl halides is 1. The zero-order valence-electron chi connectivity index (χ0n) is 9.18. The third-order valence-corrected chi connectivity index (χ3v) is 3.03. The summed E-state index contributed by atoms with van der Waals surface area (Å²) in [4.78, 5) is 2.31. The molecule has 0 saturated carbocycles. The molecule has 1 nitrogen and oxygen atoms in total. The monoisotopic (exact) mass is 255 g/mol. The maximum Gasteiger partial charge on any atom is 0.0393 e. The van der Waals surface area contributed by atoms with Gasteiger partial charge in [0.25, 0.3) is 0 Å². The van der Waals surface area contributed by atoms with E-state index in [0.717, 1.165) is 11.9 Å². The fourth-order valence-electron chi connectivity index (χ4n) is 1.68. The fourth-order valence-corrected chi connectivity index (χ4v) is 2.03. The Hall–Kier alpha value is -0.500. The first-order chi connectivity index (χ1) is 6.69.